The van der Waals surface area contributed by atoms with E-state index in [0.717, 1.165) is 28.5 Å². The highest BCUT2D eigenvalue weighted by Gasteiger charge is 2.40. The SMILES string of the molecule is CC(=O)OCCSSC[C@H](NC(=O)[C@H](NC(=O)[C@H](CCC(=O)O)NC(=O)[C@H](C)[C@@H](O)[C@H](O)[C@H](O)CO)[C@@H](O)[C@H](O)[C@H](O)CO)C(=O)O. The van der Waals surface area contributed by atoms with E-state index in [-0.39, 0.29) is 18.1 Å². The minimum atomic E-state index is -2.41. The summed E-state index contributed by atoms with van der Waals surface area (Å²) in [6.07, 6.45) is -14.0. The van der Waals surface area contributed by atoms with Crippen LogP contribution in [0.2, 0.25) is 0 Å². The lowest BCUT2D eigenvalue weighted by atomic mass is 9.95. The first-order valence-corrected chi connectivity index (χ1v) is 16.4. The third-order valence-electron chi connectivity index (χ3n) is 6.39. The minimum Gasteiger partial charge on any atom is -0.481 e. The minimum absolute atomic E-state index is 0.0188. The van der Waals surface area contributed by atoms with Crippen LogP contribution in [0.1, 0.15) is 26.7 Å². The van der Waals surface area contributed by atoms with Crippen molar-refractivity contribution in [3.05, 3.63) is 0 Å². The summed E-state index contributed by atoms with van der Waals surface area (Å²) in [6.45, 7) is 0.179. The fourth-order valence-corrected chi connectivity index (χ4v) is 5.53. The van der Waals surface area contributed by atoms with Crippen LogP contribution in [0.15, 0.2) is 0 Å². The van der Waals surface area contributed by atoms with Gasteiger partial charge in [-0.15, -0.1) is 0 Å². The van der Waals surface area contributed by atoms with Gasteiger partial charge in [-0.2, -0.15) is 0 Å². The summed E-state index contributed by atoms with van der Waals surface area (Å²) in [5, 5.41) is 103. The van der Waals surface area contributed by atoms with Crippen LogP contribution in [0.25, 0.3) is 0 Å². The fraction of sp³-hybridized carbons (Fsp3) is 0.760. The molecule has 22 heteroatoms. The second kappa shape index (κ2) is 22.7. The Bertz CT molecular complexity index is 1040. The molecule has 0 rings (SSSR count). The van der Waals surface area contributed by atoms with Gasteiger partial charge in [-0.1, -0.05) is 28.5 Å². The third kappa shape index (κ3) is 16.2. The molecular formula is C25H43N3O17S2. The summed E-state index contributed by atoms with van der Waals surface area (Å²) < 4.78 is 4.74. The number of aliphatic carboxylic acids is 2. The van der Waals surface area contributed by atoms with Crippen LogP contribution in [0.3, 0.4) is 0 Å². The molecule has 0 heterocycles. The van der Waals surface area contributed by atoms with E-state index in [1.54, 1.807) is 0 Å². The molecule has 0 aliphatic carbocycles. The Morgan fingerprint density at radius 2 is 1.23 bits per heavy atom. The summed E-state index contributed by atoms with van der Waals surface area (Å²) >= 11 is 0. The predicted octanol–water partition coefficient (Wildman–Crippen LogP) is -5.88. The molecule has 10 atom stereocenters. The zero-order valence-electron chi connectivity index (χ0n) is 25.4. The number of ether oxygens (including phenoxy) is 1. The van der Waals surface area contributed by atoms with Gasteiger partial charge >= 0.3 is 17.9 Å². The van der Waals surface area contributed by atoms with Crippen LogP contribution in [-0.4, -0.2) is 173 Å². The van der Waals surface area contributed by atoms with Crippen LogP contribution >= 0.6 is 21.6 Å². The molecule has 0 saturated carbocycles. The first-order chi connectivity index (χ1) is 21.9. The molecule has 20 nitrogen and oxygen atoms in total. The summed E-state index contributed by atoms with van der Waals surface area (Å²) in [6, 6.07) is -5.75. The molecule has 0 aromatic heterocycles. The smallest absolute Gasteiger partial charge is 0.327 e. The summed E-state index contributed by atoms with van der Waals surface area (Å²) in [5.41, 5.74) is 0. The van der Waals surface area contributed by atoms with Crippen LogP contribution < -0.4 is 16.0 Å². The van der Waals surface area contributed by atoms with Gasteiger partial charge in [0.1, 0.15) is 55.3 Å². The van der Waals surface area contributed by atoms with Crippen LogP contribution in [0, 0.1) is 5.92 Å². The van der Waals surface area contributed by atoms with Crippen LogP contribution in [0.5, 0.6) is 0 Å². The second-order valence-corrected chi connectivity index (χ2v) is 12.7. The monoisotopic (exact) mass is 721 g/mol. The third-order valence-corrected chi connectivity index (χ3v) is 8.77. The molecule has 0 spiro atoms. The largest absolute Gasteiger partial charge is 0.481 e. The van der Waals surface area contributed by atoms with Crippen molar-refractivity contribution in [1.82, 2.24) is 16.0 Å². The molecule has 0 aliphatic heterocycles. The topological polar surface area (TPSA) is 350 Å². The Morgan fingerprint density at radius 1 is 0.702 bits per heavy atom. The van der Waals surface area contributed by atoms with Gasteiger partial charge in [0.25, 0.3) is 0 Å². The van der Waals surface area contributed by atoms with Gasteiger partial charge < -0.3 is 71.8 Å². The van der Waals surface area contributed by atoms with Gasteiger partial charge in [0, 0.05) is 24.9 Å². The van der Waals surface area contributed by atoms with Gasteiger partial charge in [-0.3, -0.25) is 24.0 Å². The van der Waals surface area contributed by atoms with Gasteiger partial charge in [-0.25, -0.2) is 4.79 Å². The summed E-state index contributed by atoms with van der Waals surface area (Å²) in [4.78, 5) is 73.1. The first-order valence-electron chi connectivity index (χ1n) is 13.9. The molecule has 0 saturated heterocycles. The quantitative estimate of drug-likeness (QED) is 0.0251. The van der Waals surface area contributed by atoms with E-state index in [9.17, 15) is 64.5 Å². The number of hydrogen-bond donors (Lipinski definition) is 13. The van der Waals surface area contributed by atoms with Crippen molar-refractivity contribution >= 4 is 57.2 Å². The molecule has 3 amide bonds. The lowest BCUT2D eigenvalue weighted by Crippen LogP contribution is -2.63. The molecule has 0 aliphatic rings. The molecule has 0 aromatic carbocycles. The normalized spacial score (nSPS) is 17.7. The maximum atomic E-state index is 13.2. The van der Waals surface area contributed by atoms with Gasteiger partial charge in [0.2, 0.25) is 17.7 Å². The van der Waals surface area contributed by atoms with Crippen molar-refractivity contribution in [1.29, 1.82) is 0 Å². The van der Waals surface area contributed by atoms with E-state index in [1.165, 1.54) is 6.92 Å². The Balaban J connectivity index is 6.06. The maximum Gasteiger partial charge on any atom is 0.327 e. The lowest BCUT2D eigenvalue weighted by molar-refractivity contribution is -0.146. The zero-order valence-corrected chi connectivity index (χ0v) is 27.0. The molecule has 13 N–H and O–H groups in total. The first kappa shape index (κ1) is 44.2. The molecular weight excluding hydrogens is 678 g/mol. The number of carboxylic acid groups (broad SMARTS) is 2. The molecule has 0 bridgehead atoms. The van der Waals surface area contributed by atoms with E-state index >= 15 is 0 Å². The average Bonchev–Trinajstić information content (AvgIpc) is 3.02. The van der Waals surface area contributed by atoms with Crippen molar-refractivity contribution < 1.29 is 84.6 Å². The second-order valence-electron chi connectivity index (χ2n) is 10.1. The summed E-state index contributed by atoms with van der Waals surface area (Å²) in [5.74, 6) is -9.07. The number of rotatable bonds is 24. The van der Waals surface area contributed by atoms with Crippen LogP contribution in [-0.2, 0) is 33.5 Å². The van der Waals surface area contributed by atoms with Crippen molar-refractivity contribution in [3.8, 4) is 0 Å². The molecule has 0 unspecified atom stereocenters. The van der Waals surface area contributed by atoms with Crippen molar-refractivity contribution in [2.45, 2.75) is 81.4 Å². The molecule has 0 aromatic rings. The number of esters is 1. The predicted molar refractivity (Wildman–Crippen MR) is 161 cm³/mol. The van der Waals surface area contributed by atoms with Gasteiger partial charge in [-0.05, 0) is 6.42 Å². The van der Waals surface area contributed by atoms with Crippen molar-refractivity contribution in [2.24, 2.45) is 5.92 Å². The van der Waals surface area contributed by atoms with Crippen molar-refractivity contribution in [2.75, 3.05) is 31.3 Å². The molecule has 0 fully saturated rings. The van der Waals surface area contributed by atoms with E-state index in [4.69, 9.17) is 20.1 Å². The standard InChI is InChI=1S/C25H43N3O17S2/c1-10(18(36)19(37)14(32)7-29)22(40)26-12(3-4-16(34)35)23(41)28-17(21(39)20(38)15(33)8-30)24(42)27-13(25(43)44)9-47-46-6-5-45-11(2)31/h10,12-15,17-21,29-30,32-33,36-39H,3-9H2,1-2H3,(H,26,40)(H,27,42)(H,28,41)(H,34,35)(H,43,44)/t10-,12+,13+,14-,15-,17-,18-,19-,20-,21-/m1/s1. The number of carbonyl (C=O) groups excluding carboxylic acids is 4. The number of amides is 3. The van der Waals surface area contributed by atoms with E-state index in [0.29, 0.717) is 0 Å². The Labute approximate surface area is 276 Å². The number of carboxylic acids is 2. The number of aliphatic hydroxyl groups is 8. The lowest BCUT2D eigenvalue weighted by Gasteiger charge is -2.31. The average molecular weight is 722 g/mol. The molecule has 272 valence electrons. The van der Waals surface area contributed by atoms with E-state index < -0.39 is 122 Å². The number of carbonyl (C=O) groups is 6. The Kier molecular flexibility index (Phi) is 21.4. The Hall–Kier alpha value is -2.80. The van der Waals surface area contributed by atoms with Crippen LogP contribution in [0.4, 0.5) is 0 Å². The number of aliphatic hydroxyl groups excluding tert-OH is 8. The Morgan fingerprint density at radius 3 is 1.72 bits per heavy atom. The van der Waals surface area contributed by atoms with Gasteiger partial charge in [0.05, 0.1) is 25.2 Å². The summed E-state index contributed by atoms with van der Waals surface area (Å²) in [7, 11) is 2.04. The number of nitrogens with one attached hydrogen (secondary N) is 3. The highest BCUT2D eigenvalue weighted by molar-refractivity contribution is 8.76. The molecule has 47 heavy (non-hydrogen) atoms. The zero-order chi connectivity index (χ0) is 36.4. The highest BCUT2D eigenvalue weighted by atomic mass is 33.1. The number of hydrogen-bond acceptors (Lipinski definition) is 17. The molecule has 0 radical (unpaired) electrons. The van der Waals surface area contributed by atoms with Crippen molar-refractivity contribution in [3.63, 3.8) is 0 Å². The fourth-order valence-electron chi connectivity index (χ4n) is 3.55. The maximum absolute atomic E-state index is 13.2. The van der Waals surface area contributed by atoms with E-state index in [2.05, 4.69) is 5.32 Å². The van der Waals surface area contributed by atoms with E-state index in [1.807, 2.05) is 10.6 Å². The highest BCUT2D eigenvalue weighted by Crippen LogP contribution is 2.22. The van der Waals surface area contributed by atoms with Gasteiger partial charge in [0.15, 0.2) is 0 Å².